The summed E-state index contributed by atoms with van der Waals surface area (Å²) in [6.07, 6.45) is 1.55. The van der Waals surface area contributed by atoms with Gasteiger partial charge in [0.25, 0.3) is 0 Å². The quantitative estimate of drug-likeness (QED) is 0.765. The Hall–Kier alpha value is -1.16. The van der Waals surface area contributed by atoms with Crippen molar-refractivity contribution in [2.24, 2.45) is 0 Å². The van der Waals surface area contributed by atoms with E-state index in [1.54, 1.807) is 13.2 Å². The Labute approximate surface area is 96.3 Å². The zero-order valence-electron chi connectivity index (χ0n) is 9.56. The molecule has 1 unspecified atom stereocenters. The second-order valence-electron chi connectivity index (χ2n) is 3.50. The van der Waals surface area contributed by atoms with Gasteiger partial charge in [-0.15, -0.1) is 0 Å². The topological polar surface area (TPSA) is 38.7 Å². The van der Waals surface area contributed by atoms with Crippen molar-refractivity contribution < 1.29 is 14.6 Å². The molecule has 88 valence electrons. The Morgan fingerprint density at radius 1 is 1.50 bits per heavy atom. The molecule has 0 aliphatic heterocycles. The van der Waals surface area contributed by atoms with Crippen LogP contribution in [0.15, 0.2) is 30.8 Å². The van der Waals surface area contributed by atoms with E-state index >= 15 is 0 Å². The summed E-state index contributed by atoms with van der Waals surface area (Å²) >= 11 is 0. The first-order valence-electron chi connectivity index (χ1n) is 5.23. The number of hydrogen-bond donors (Lipinski definition) is 1. The Morgan fingerprint density at radius 3 is 2.94 bits per heavy atom. The van der Waals surface area contributed by atoms with Crippen molar-refractivity contribution in [2.75, 3.05) is 20.3 Å². The van der Waals surface area contributed by atoms with Gasteiger partial charge in [0.2, 0.25) is 0 Å². The molecule has 0 saturated carbocycles. The lowest BCUT2D eigenvalue weighted by molar-refractivity contribution is -0.0248. The fourth-order valence-electron chi connectivity index (χ4n) is 1.31. The van der Waals surface area contributed by atoms with Crippen molar-refractivity contribution in [1.29, 1.82) is 0 Å². The lowest BCUT2D eigenvalue weighted by Crippen LogP contribution is -2.22. The van der Waals surface area contributed by atoms with Crippen LogP contribution in [0.2, 0.25) is 0 Å². The third-order valence-electron chi connectivity index (χ3n) is 2.30. The van der Waals surface area contributed by atoms with Crippen molar-refractivity contribution in [3.8, 4) is 0 Å². The molecular weight excluding hydrogens is 204 g/mol. The highest BCUT2D eigenvalue weighted by atomic mass is 16.5. The smallest absolute Gasteiger partial charge is 0.103 e. The Balaban J connectivity index is 2.39. The van der Waals surface area contributed by atoms with E-state index in [0.29, 0.717) is 13.2 Å². The highest BCUT2D eigenvalue weighted by Crippen LogP contribution is 2.07. The summed E-state index contributed by atoms with van der Waals surface area (Å²) in [7, 11) is 1.56. The van der Waals surface area contributed by atoms with Gasteiger partial charge in [-0.1, -0.05) is 30.9 Å². The van der Waals surface area contributed by atoms with E-state index in [0.717, 1.165) is 11.1 Å². The molecule has 0 aliphatic rings. The van der Waals surface area contributed by atoms with Crippen molar-refractivity contribution in [2.45, 2.75) is 12.7 Å². The molecule has 0 amide bonds. The van der Waals surface area contributed by atoms with Crippen molar-refractivity contribution in [3.05, 3.63) is 42.0 Å². The summed E-state index contributed by atoms with van der Waals surface area (Å²) < 4.78 is 10.4. The first kappa shape index (κ1) is 12.9. The minimum atomic E-state index is -0.248. The van der Waals surface area contributed by atoms with Crippen molar-refractivity contribution in [1.82, 2.24) is 0 Å². The molecule has 0 aliphatic carbocycles. The number of hydrogen-bond acceptors (Lipinski definition) is 3. The van der Waals surface area contributed by atoms with E-state index in [4.69, 9.17) is 14.6 Å². The molecule has 1 rings (SSSR count). The molecule has 1 aromatic carbocycles. The predicted molar refractivity (Wildman–Crippen MR) is 64.1 cm³/mol. The summed E-state index contributed by atoms with van der Waals surface area (Å²) in [6, 6.07) is 7.97. The molecule has 0 fully saturated rings. The van der Waals surface area contributed by atoms with Crippen LogP contribution in [-0.2, 0) is 16.1 Å². The highest BCUT2D eigenvalue weighted by Gasteiger charge is 2.05. The second kappa shape index (κ2) is 7.17. The summed E-state index contributed by atoms with van der Waals surface area (Å²) in [6.45, 7) is 4.60. The monoisotopic (exact) mass is 222 g/mol. The molecule has 16 heavy (non-hydrogen) atoms. The second-order valence-corrected chi connectivity index (χ2v) is 3.50. The van der Waals surface area contributed by atoms with E-state index in [-0.39, 0.29) is 12.7 Å². The minimum absolute atomic E-state index is 0.0246. The van der Waals surface area contributed by atoms with Crippen molar-refractivity contribution >= 4 is 6.08 Å². The van der Waals surface area contributed by atoms with Gasteiger partial charge in [0, 0.05) is 7.11 Å². The fourth-order valence-corrected chi connectivity index (χ4v) is 1.31. The van der Waals surface area contributed by atoms with Gasteiger partial charge in [-0.25, -0.2) is 0 Å². The zero-order chi connectivity index (χ0) is 11.8. The van der Waals surface area contributed by atoms with Crippen LogP contribution in [-0.4, -0.2) is 31.5 Å². The molecule has 3 heteroatoms. The Morgan fingerprint density at radius 2 is 2.31 bits per heavy atom. The third kappa shape index (κ3) is 4.14. The average Bonchev–Trinajstić information content (AvgIpc) is 2.35. The molecule has 1 atom stereocenters. The third-order valence-corrected chi connectivity index (χ3v) is 2.30. The molecule has 0 saturated heterocycles. The van der Waals surface area contributed by atoms with Crippen LogP contribution in [0, 0.1) is 0 Å². The van der Waals surface area contributed by atoms with Gasteiger partial charge in [-0.05, 0) is 17.2 Å². The summed E-state index contributed by atoms with van der Waals surface area (Å²) in [5.41, 5.74) is 2.16. The summed E-state index contributed by atoms with van der Waals surface area (Å²) in [5.74, 6) is 0. The van der Waals surface area contributed by atoms with E-state index < -0.39 is 0 Å². The summed E-state index contributed by atoms with van der Waals surface area (Å²) in [4.78, 5) is 0. The first-order chi connectivity index (χ1) is 7.80. The van der Waals surface area contributed by atoms with E-state index in [1.807, 2.05) is 24.3 Å². The number of aliphatic hydroxyl groups excluding tert-OH is 1. The Bertz CT molecular complexity index is 319. The van der Waals surface area contributed by atoms with Gasteiger partial charge < -0.3 is 14.6 Å². The van der Waals surface area contributed by atoms with Gasteiger partial charge in [-0.3, -0.25) is 0 Å². The van der Waals surface area contributed by atoms with Crippen LogP contribution in [0.3, 0.4) is 0 Å². The summed E-state index contributed by atoms with van der Waals surface area (Å²) in [5, 5.41) is 8.89. The maximum Gasteiger partial charge on any atom is 0.103 e. The number of aliphatic hydroxyl groups is 1. The van der Waals surface area contributed by atoms with E-state index in [9.17, 15) is 0 Å². The van der Waals surface area contributed by atoms with Crippen LogP contribution in [0.25, 0.3) is 6.08 Å². The average molecular weight is 222 g/mol. The Kier molecular flexibility index (Phi) is 5.78. The van der Waals surface area contributed by atoms with Gasteiger partial charge in [0.15, 0.2) is 0 Å². The predicted octanol–water partition coefficient (Wildman–Crippen LogP) is 1.85. The number of ether oxygens (including phenoxy) is 2. The van der Waals surface area contributed by atoms with Crippen LogP contribution < -0.4 is 0 Å². The minimum Gasteiger partial charge on any atom is -0.394 e. The van der Waals surface area contributed by atoms with Gasteiger partial charge in [-0.2, -0.15) is 0 Å². The number of rotatable bonds is 7. The SMILES string of the molecule is C=Cc1cccc(COCC(CO)OC)c1. The van der Waals surface area contributed by atoms with Crippen LogP contribution >= 0.6 is 0 Å². The molecule has 0 heterocycles. The molecule has 1 aromatic rings. The molecule has 0 spiro atoms. The lowest BCUT2D eigenvalue weighted by atomic mass is 10.1. The van der Waals surface area contributed by atoms with Gasteiger partial charge >= 0.3 is 0 Å². The largest absolute Gasteiger partial charge is 0.394 e. The van der Waals surface area contributed by atoms with E-state index in [1.165, 1.54) is 0 Å². The molecule has 0 aromatic heterocycles. The molecule has 1 N–H and O–H groups in total. The standard InChI is InChI=1S/C13H18O3/c1-3-11-5-4-6-12(7-11)9-16-10-13(8-14)15-2/h3-7,13-14H,1,8-10H2,2H3. The van der Waals surface area contributed by atoms with Crippen molar-refractivity contribution in [3.63, 3.8) is 0 Å². The molecule has 0 bridgehead atoms. The fraction of sp³-hybridized carbons (Fsp3) is 0.385. The van der Waals surface area contributed by atoms with Gasteiger partial charge in [0.05, 0.1) is 19.8 Å². The maximum absolute atomic E-state index is 8.89. The van der Waals surface area contributed by atoms with Crippen LogP contribution in [0.5, 0.6) is 0 Å². The maximum atomic E-state index is 8.89. The number of benzene rings is 1. The lowest BCUT2D eigenvalue weighted by Gasteiger charge is -2.12. The van der Waals surface area contributed by atoms with Gasteiger partial charge in [0.1, 0.15) is 6.10 Å². The first-order valence-corrected chi connectivity index (χ1v) is 5.23. The molecular formula is C13H18O3. The van der Waals surface area contributed by atoms with Crippen LogP contribution in [0.1, 0.15) is 11.1 Å². The zero-order valence-corrected chi connectivity index (χ0v) is 9.56. The normalized spacial score (nSPS) is 12.4. The molecule has 3 nitrogen and oxygen atoms in total. The highest BCUT2D eigenvalue weighted by molar-refractivity contribution is 5.47. The number of methoxy groups -OCH3 is 1. The molecule has 0 radical (unpaired) electrons. The van der Waals surface area contributed by atoms with Crippen LogP contribution in [0.4, 0.5) is 0 Å². The van der Waals surface area contributed by atoms with E-state index in [2.05, 4.69) is 6.58 Å².